The molecule has 12 heteroatoms. The van der Waals surface area contributed by atoms with Crippen molar-refractivity contribution >= 4 is 42.9 Å². The second-order valence-electron chi connectivity index (χ2n) is 5.47. The number of hydrogen-bond donors (Lipinski definition) is 1. The second-order valence-corrected chi connectivity index (χ2v) is 8.99. The summed E-state index contributed by atoms with van der Waals surface area (Å²) in [7, 11) is -3.90. The largest absolute Gasteiger partial charge is 0.435 e. The van der Waals surface area contributed by atoms with Crippen LogP contribution in [0.4, 0.5) is 13.2 Å². The molecular weight excluding hydrogens is 421 g/mol. The molecule has 0 radical (unpaired) electrons. The summed E-state index contributed by atoms with van der Waals surface area (Å²) >= 11 is 2.30. The van der Waals surface area contributed by atoms with Crippen LogP contribution in [-0.4, -0.2) is 23.2 Å². The van der Waals surface area contributed by atoms with Crippen LogP contribution in [0.15, 0.2) is 46.7 Å². The molecule has 0 aliphatic rings. The number of nitrogens with zero attached hydrogens (tertiary/aromatic N) is 3. The summed E-state index contributed by atoms with van der Waals surface area (Å²) in [6.45, 7) is 0. The number of nitrogens with two attached hydrogens (primary N) is 1. The summed E-state index contributed by atoms with van der Waals surface area (Å²) in [6.07, 6.45) is -4.60. The van der Waals surface area contributed by atoms with Gasteiger partial charge in [-0.2, -0.15) is 18.3 Å². The number of fused-ring (bicyclic) bond motifs is 1. The molecule has 27 heavy (non-hydrogen) atoms. The van der Waals surface area contributed by atoms with Crippen molar-refractivity contribution in [3.05, 3.63) is 47.5 Å². The van der Waals surface area contributed by atoms with E-state index < -0.39 is 21.9 Å². The highest BCUT2D eigenvalue weighted by molar-refractivity contribution is 7.89. The van der Waals surface area contributed by atoms with Crippen LogP contribution in [-0.2, 0) is 16.2 Å². The van der Waals surface area contributed by atoms with Gasteiger partial charge in [0.2, 0.25) is 15.2 Å². The van der Waals surface area contributed by atoms with E-state index in [2.05, 4.69) is 10.1 Å². The average Bonchev–Trinajstić information content (AvgIpc) is 3.29. The number of aromatic nitrogens is 3. The Morgan fingerprint density at radius 2 is 1.93 bits per heavy atom. The van der Waals surface area contributed by atoms with Gasteiger partial charge in [-0.05, 0) is 35.7 Å². The molecular formula is C15H9F3N4O2S3. The van der Waals surface area contributed by atoms with Gasteiger partial charge in [-0.3, -0.25) is 0 Å². The zero-order chi connectivity index (χ0) is 19.4. The normalized spacial score (nSPS) is 12.7. The molecule has 0 saturated carbocycles. The van der Waals surface area contributed by atoms with E-state index in [9.17, 15) is 21.6 Å². The molecule has 0 spiro atoms. The lowest BCUT2D eigenvalue weighted by atomic mass is 10.3. The maximum absolute atomic E-state index is 13.2. The van der Waals surface area contributed by atoms with Crippen molar-refractivity contribution in [1.82, 2.24) is 14.8 Å². The number of rotatable bonds is 3. The van der Waals surface area contributed by atoms with Crippen LogP contribution in [0, 0.1) is 0 Å². The van der Waals surface area contributed by atoms with Gasteiger partial charge in [0.15, 0.2) is 5.69 Å². The summed E-state index contributed by atoms with van der Waals surface area (Å²) in [4.78, 5) is 4.80. The number of thiophene rings is 1. The Morgan fingerprint density at radius 1 is 1.15 bits per heavy atom. The van der Waals surface area contributed by atoms with Gasteiger partial charge in [0, 0.05) is 0 Å². The van der Waals surface area contributed by atoms with E-state index >= 15 is 0 Å². The fourth-order valence-electron chi connectivity index (χ4n) is 2.43. The highest BCUT2D eigenvalue weighted by Gasteiger charge is 2.35. The molecule has 6 nitrogen and oxygen atoms in total. The van der Waals surface area contributed by atoms with Gasteiger partial charge < -0.3 is 0 Å². The number of thiazole rings is 1. The number of halogens is 3. The average molecular weight is 430 g/mol. The summed E-state index contributed by atoms with van der Waals surface area (Å²) in [5.74, 6) is 0. The van der Waals surface area contributed by atoms with Crippen LogP contribution in [0.25, 0.3) is 25.9 Å². The Morgan fingerprint density at radius 3 is 2.56 bits per heavy atom. The van der Waals surface area contributed by atoms with Crippen molar-refractivity contribution in [3.8, 4) is 15.7 Å². The molecule has 1 aromatic carbocycles. The van der Waals surface area contributed by atoms with E-state index in [1.54, 1.807) is 17.5 Å². The molecule has 3 heterocycles. The lowest BCUT2D eigenvalue weighted by Gasteiger charge is -2.01. The highest BCUT2D eigenvalue weighted by atomic mass is 32.2. The van der Waals surface area contributed by atoms with Crippen molar-refractivity contribution in [2.75, 3.05) is 0 Å². The van der Waals surface area contributed by atoms with Crippen LogP contribution in [0.5, 0.6) is 0 Å². The van der Waals surface area contributed by atoms with Crippen molar-refractivity contribution in [3.63, 3.8) is 0 Å². The molecule has 0 bridgehead atoms. The molecule has 140 valence electrons. The van der Waals surface area contributed by atoms with E-state index in [4.69, 9.17) is 5.14 Å². The maximum atomic E-state index is 13.2. The lowest BCUT2D eigenvalue weighted by molar-refractivity contribution is -0.141. The third kappa shape index (κ3) is 3.36. The van der Waals surface area contributed by atoms with Gasteiger partial charge in [-0.25, -0.2) is 23.2 Å². The Hall–Kier alpha value is -2.28. The van der Waals surface area contributed by atoms with Crippen molar-refractivity contribution in [1.29, 1.82) is 0 Å². The fourth-order valence-corrected chi connectivity index (χ4v) is 4.74. The van der Waals surface area contributed by atoms with E-state index in [1.807, 2.05) is 0 Å². The summed E-state index contributed by atoms with van der Waals surface area (Å²) < 4.78 is 64.1. The first-order valence-electron chi connectivity index (χ1n) is 7.28. The van der Waals surface area contributed by atoms with Gasteiger partial charge in [0.25, 0.3) is 0 Å². The number of benzene rings is 1. The minimum Gasteiger partial charge on any atom is -0.225 e. The van der Waals surface area contributed by atoms with Gasteiger partial charge in [-0.15, -0.1) is 11.3 Å². The summed E-state index contributed by atoms with van der Waals surface area (Å²) in [5, 5.41) is 10.7. The number of alkyl halides is 3. The van der Waals surface area contributed by atoms with Crippen LogP contribution in [0.1, 0.15) is 5.69 Å². The summed E-state index contributed by atoms with van der Waals surface area (Å²) in [6, 6.07) is 8.46. The van der Waals surface area contributed by atoms with Crippen LogP contribution >= 0.6 is 22.7 Å². The van der Waals surface area contributed by atoms with E-state index in [-0.39, 0.29) is 15.7 Å². The second kappa shape index (κ2) is 6.12. The molecule has 0 amide bonds. The van der Waals surface area contributed by atoms with Crippen LogP contribution in [0.2, 0.25) is 0 Å². The zero-order valence-corrected chi connectivity index (χ0v) is 15.6. The fraction of sp³-hybridized carbons (Fsp3) is 0.0667. The SMILES string of the molecule is NS(=O)(=O)c1ccc2nc(-n3nc(C(F)(F)F)cc3-c3cccs3)sc2c1. The Bertz CT molecular complexity index is 1240. The van der Waals surface area contributed by atoms with Crippen molar-refractivity contribution in [2.45, 2.75) is 11.1 Å². The van der Waals surface area contributed by atoms with Gasteiger partial charge in [0.05, 0.1) is 25.7 Å². The lowest BCUT2D eigenvalue weighted by Crippen LogP contribution is -2.11. The third-order valence-electron chi connectivity index (χ3n) is 3.63. The standard InChI is InChI=1S/C15H9F3N4O2S3/c16-15(17,18)13-7-10(11-2-1-5-25-11)22(21-13)14-20-9-4-3-8(27(19,23)24)6-12(9)26-14/h1-7H,(H2,19,23,24). The first-order valence-corrected chi connectivity index (χ1v) is 10.5. The molecule has 0 atom stereocenters. The quantitative estimate of drug-likeness (QED) is 0.534. The minimum atomic E-state index is -4.60. The number of primary sulfonamides is 1. The van der Waals surface area contributed by atoms with Gasteiger partial charge in [0.1, 0.15) is 0 Å². The zero-order valence-electron chi connectivity index (χ0n) is 13.1. The Kier molecular flexibility index (Phi) is 4.10. The number of hydrogen-bond acceptors (Lipinski definition) is 6. The monoisotopic (exact) mass is 430 g/mol. The Labute approximate surface area is 158 Å². The number of sulfonamides is 1. The summed E-state index contributed by atoms with van der Waals surface area (Å²) in [5.41, 5.74) is -0.345. The van der Waals surface area contributed by atoms with E-state index in [1.165, 1.54) is 29.5 Å². The van der Waals surface area contributed by atoms with E-state index in [0.717, 1.165) is 22.1 Å². The van der Waals surface area contributed by atoms with Crippen molar-refractivity contribution in [2.24, 2.45) is 5.14 Å². The molecule has 0 unspecified atom stereocenters. The predicted octanol–water partition coefficient (Wildman–Crippen LogP) is 3.88. The van der Waals surface area contributed by atoms with Crippen LogP contribution in [0.3, 0.4) is 0 Å². The highest BCUT2D eigenvalue weighted by Crippen LogP contribution is 2.36. The smallest absolute Gasteiger partial charge is 0.225 e. The molecule has 0 aliphatic carbocycles. The van der Waals surface area contributed by atoms with E-state index in [0.29, 0.717) is 15.1 Å². The third-order valence-corrected chi connectivity index (χ3v) is 6.43. The Balaban J connectivity index is 1.91. The maximum Gasteiger partial charge on any atom is 0.435 e. The topological polar surface area (TPSA) is 90.9 Å². The molecule has 4 aromatic rings. The van der Waals surface area contributed by atoms with Crippen LogP contribution < -0.4 is 5.14 Å². The molecule has 0 fully saturated rings. The first-order chi connectivity index (χ1) is 12.6. The molecule has 0 aliphatic heterocycles. The molecule has 2 N–H and O–H groups in total. The predicted molar refractivity (Wildman–Crippen MR) is 96.4 cm³/mol. The molecule has 0 saturated heterocycles. The molecule has 4 rings (SSSR count). The van der Waals surface area contributed by atoms with Crippen molar-refractivity contribution < 1.29 is 21.6 Å². The minimum absolute atomic E-state index is 0.0971. The first kappa shape index (κ1) is 18.1. The van der Waals surface area contributed by atoms with Gasteiger partial charge >= 0.3 is 6.18 Å². The van der Waals surface area contributed by atoms with Gasteiger partial charge in [-0.1, -0.05) is 17.4 Å². The molecule has 3 aromatic heterocycles.